The van der Waals surface area contributed by atoms with E-state index in [1.807, 2.05) is 91.9 Å². The van der Waals surface area contributed by atoms with Gasteiger partial charge in [0.05, 0.1) is 18.6 Å². The summed E-state index contributed by atoms with van der Waals surface area (Å²) in [6.45, 7) is 2.79. The summed E-state index contributed by atoms with van der Waals surface area (Å²) in [5.41, 5.74) is 6.66. The maximum Gasteiger partial charge on any atom is 0.230 e. The normalized spacial score (nSPS) is 14.1. The molecule has 2 atom stereocenters. The molecule has 1 amide bonds. The molecule has 0 radical (unpaired) electrons. The fraction of sp³-hybridized carbons (Fsp3) is 0.159. The molecule has 2 N–H and O–H groups in total. The van der Waals surface area contributed by atoms with Gasteiger partial charge < -0.3 is 24.6 Å². The monoisotopic (exact) mass is 681 g/mol. The van der Waals surface area contributed by atoms with Crippen LogP contribution in [0.4, 0.5) is 10.1 Å². The largest absolute Gasteiger partial charge is 0.508 e. The fourth-order valence-electron chi connectivity index (χ4n) is 5.88. The molecule has 0 spiro atoms. The molecule has 1 saturated heterocycles. The third kappa shape index (κ3) is 9.01. The number of β-lactam (4-membered cyclic amide) rings is 1. The topological polar surface area (TPSA) is 79.2 Å². The van der Waals surface area contributed by atoms with Gasteiger partial charge in [-0.15, -0.1) is 0 Å². The van der Waals surface area contributed by atoms with E-state index in [9.17, 15) is 19.4 Å². The van der Waals surface area contributed by atoms with E-state index >= 15 is 0 Å². The van der Waals surface area contributed by atoms with Crippen molar-refractivity contribution < 1.29 is 28.9 Å². The smallest absolute Gasteiger partial charge is 0.230 e. The molecule has 51 heavy (non-hydrogen) atoms. The molecule has 0 aliphatic carbocycles. The minimum Gasteiger partial charge on any atom is -0.508 e. The highest BCUT2D eigenvalue weighted by atomic mass is 19.1. The first-order valence-electron chi connectivity index (χ1n) is 17.0. The van der Waals surface area contributed by atoms with Gasteiger partial charge in [-0.05, 0) is 88.8 Å². The molecule has 6 aromatic rings. The average molecular weight is 682 g/mol. The first kappa shape index (κ1) is 34.9. The quantitative estimate of drug-likeness (QED) is 0.133. The highest BCUT2D eigenvalue weighted by molar-refractivity contribution is 6.01. The highest BCUT2D eigenvalue weighted by Crippen LogP contribution is 2.44. The average Bonchev–Trinajstić information content (AvgIpc) is 3.17. The number of phenolic OH excluding ortho intramolecular Hbond substituents is 1. The van der Waals surface area contributed by atoms with E-state index in [2.05, 4.69) is 18.2 Å². The molecule has 7 rings (SSSR count). The van der Waals surface area contributed by atoms with Crippen LogP contribution in [-0.4, -0.2) is 16.1 Å². The molecule has 2 unspecified atom stereocenters. The lowest BCUT2D eigenvalue weighted by Gasteiger charge is -2.41. The molecule has 1 fully saturated rings. The van der Waals surface area contributed by atoms with E-state index in [-0.39, 0.29) is 23.5 Å². The van der Waals surface area contributed by atoms with Crippen LogP contribution in [0.15, 0.2) is 152 Å². The summed E-state index contributed by atoms with van der Waals surface area (Å²) in [5.74, 6) is 1.46. The third-order valence-electron chi connectivity index (χ3n) is 8.74. The Morgan fingerprint density at radius 3 is 1.98 bits per heavy atom. The summed E-state index contributed by atoms with van der Waals surface area (Å²) < 4.78 is 24.8. The highest BCUT2D eigenvalue weighted by Gasteiger charge is 2.40. The summed E-state index contributed by atoms with van der Waals surface area (Å²) in [4.78, 5) is 14.5. The van der Waals surface area contributed by atoms with Crippen LogP contribution in [0.1, 0.15) is 54.2 Å². The van der Waals surface area contributed by atoms with Crippen LogP contribution >= 0.6 is 0 Å². The van der Waals surface area contributed by atoms with Gasteiger partial charge >= 0.3 is 0 Å². The Morgan fingerprint density at radius 1 is 0.725 bits per heavy atom. The van der Waals surface area contributed by atoms with Gasteiger partial charge in [0.1, 0.15) is 36.3 Å². The zero-order valence-electron chi connectivity index (χ0n) is 28.4. The predicted octanol–water partition coefficient (Wildman–Crippen LogP) is 9.96. The Morgan fingerprint density at radius 2 is 1.35 bits per heavy atom. The Bertz CT molecular complexity index is 2020. The summed E-state index contributed by atoms with van der Waals surface area (Å²) in [7, 11) is 0. The van der Waals surface area contributed by atoms with Crippen molar-refractivity contribution in [2.24, 2.45) is 0 Å². The molecule has 6 aromatic carbocycles. The summed E-state index contributed by atoms with van der Waals surface area (Å²) in [5, 5.41) is 19.0. The molecule has 1 aliphatic heterocycles. The molecule has 1 heterocycles. The van der Waals surface area contributed by atoms with Crippen LogP contribution in [0.2, 0.25) is 0 Å². The fourth-order valence-corrected chi connectivity index (χ4v) is 5.88. The van der Waals surface area contributed by atoms with E-state index in [4.69, 9.17) is 9.47 Å². The Balaban J connectivity index is 0.000000349. The van der Waals surface area contributed by atoms with Crippen LogP contribution in [0.25, 0.3) is 11.1 Å². The number of rotatable bonds is 11. The Labute approximate surface area is 298 Å². The van der Waals surface area contributed by atoms with Crippen molar-refractivity contribution >= 4 is 11.6 Å². The van der Waals surface area contributed by atoms with Crippen molar-refractivity contribution in [2.75, 3.05) is 4.90 Å². The van der Waals surface area contributed by atoms with E-state index in [0.717, 1.165) is 50.6 Å². The first-order valence-corrected chi connectivity index (χ1v) is 17.0. The van der Waals surface area contributed by atoms with E-state index in [0.29, 0.717) is 26.1 Å². The SMILES string of the molecule is CCC(O)c1ccc(F)cc1.O=C1CC(c2ccc(-c3cccc(OCc4ccccc4)c3)cc2OCc2ccccc2)N1c1ccc(O)cc1. The third-order valence-corrected chi connectivity index (χ3v) is 8.74. The number of anilines is 1. The number of halogens is 1. The summed E-state index contributed by atoms with van der Waals surface area (Å²) in [6.07, 6.45) is 0.590. The van der Waals surface area contributed by atoms with Crippen molar-refractivity contribution in [1.82, 2.24) is 0 Å². The molecule has 6 nitrogen and oxygen atoms in total. The van der Waals surface area contributed by atoms with Gasteiger partial charge in [0.25, 0.3) is 0 Å². The number of aliphatic hydroxyl groups is 1. The lowest BCUT2D eigenvalue weighted by molar-refractivity contribution is -0.124. The van der Waals surface area contributed by atoms with Crippen LogP contribution in [0.5, 0.6) is 17.2 Å². The minimum absolute atomic E-state index is 0.0389. The van der Waals surface area contributed by atoms with E-state index in [1.54, 1.807) is 41.3 Å². The van der Waals surface area contributed by atoms with Crippen molar-refractivity contribution in [3.8, 4) is 28.4 Å². The number of ether oxygens (including phenoxy) is 2. The number of aliphatic hydroxyl groups excluding tert-OH is 1. The second-order valence-electron chi connectivity index (χ2n) is 12.3. The van der Waals surface area contributed by atoms with Gasteiger partial charge in [-0.2, -0.15) is 0 Å². The molecular formula is C44H40FNO5. The molecule has 0 aromatic heterocycles. The number of hydrogen-bond donors (Lipinski definition) is 2. The van der Waals surface area contributed by atoms with Crippen molar-refractivity contribution in [2.45, 2.75) is 45.1 Å². The van der Waals surface area contributed by atoms with Gasteiger partial charge in [0.2, 0.25) is 5.91 Å². The van der Waals surface area contributed by atoms with Crippen LogP contribution in [-0.2, 0) is 18.0 Å². The number of carbonyl (C=O) groups is 1. The van der Waals surface area contributed by atoms with Gasteiger partial charge in [0, 0.05) is 11.3 Å². The number of carbonyl (C=O) groups excluding carboxylic acids is 1. The van der Waals surface area contributed by atoms with Gasteiger partial charge in [-0.1, -0.05) is 104 Å². The van der Waals surface area contributed by atoms with Crippen molar-refractivity contribution in [3.63, 3.8) is 0 Å². The number of phenols is 1. The maximum atomic E-state index is 12.7. The summed E-state index contributed by atoms with van der Waals surface area (Å²) in [6, 6.07) is 46.8. The van der Waals surface area contributed by atoms with Gasteiger partial charge in [0.15, 0.2) is 0 Å². The molecule has 258 valence electrons. The van der Waals surface area contributed by atoms with Crippen LogP contribution in [0, 0.1) is 5.82 Å². The zero-order valence-corrected chi connectivity index (χ0v) is 28.4. The van der Waals surface area contributed by atoms with Crippen LogP contribution in [0.3, 0.4) is 0 Å². The standard InChI is InChI=1S/C35H29NO4.C9H11FO/c37-30-17-15-29(16-18-30)36-33(22-35(36)38)32-19-14-28(21-34(32)40-24-26-10-5-2-6-11-26)27-12-7-13-31(20-27)39-23-25-8-3-1-4-9-25;1-2-9(11)7-3-5-8(10)6-4-7/h1-21,33,37H,22-24H2;3-6,9,11H,2H2,1H3. The zero-order chi connectivity index (χ0) is 35.6. The summed E-state index contributed by atoms with van der Waals surface area (Å²) >= 11 is 0. The first-order chi connectivity index (χ1) is 24.9. The van der Waals surface area contributed by atoms with Crippen LogP contribution < -0.4 is 14.4 Å². The lowest BCUT2D eigenvalue weighted by atomic mass is 9.90. The molecule has 1 aliphatic rings. The maximum absolute atomic E-state index is 12.7. The van der Waals surface area contributed by atoms with Gasteiger partial charge in [-0.25, -0.2) is 4.39 Å². The second-order valence-corrected chi connectivity index (χ2v) is 12.3. The van der Waals surface area contributed by atoms with E-state index in [1.165, 1.54) is 12.1 Å². The number of amides is 1. The van der Waals surface area contributed by atoms with Gasteiger partial charge in [-0.3, -0.25) is 4.79 Å². The lowest BCUT2D eigenvalue weighted by Crippen LogP contribution is -2.46. The van der Waals surface area contributed by atoms with Crippen molar-refractivity contribution in [1.29, 1.82) is 0 Å². The number of nitrogens with zero attached hydrogens (tertiary/aromatic N) is 1. The molecule has 0 saturated carbocycles. The molecular weight excluding hydrogens is 641 g/mol. The molecule has 7 heteroatoms. The predicted molar refractivity (Wildman–Crippen MR) is 198 cm³/mol. The number of hydrogen-bond acceptors (Lipinski definition) is 5. The van der Waals surface area contributed by atoms with Crippen molar-refractivity contribution in [3.05, 3.63) is 180 Å². The Hall–Kier alpha value is -5.92. The number of benzene rings is 6. The molecule has 0 bridgehead atoms. The minimum atomic E-state index is -0.462. The van der Waals surface area contributed by atoms with E-state index < -0.39 is 6.10 Å². The second kappa shape index (κ2) is 16.7. The Kier molecular flexibility index (Phi) is 11.4. The number of aromatic hydroxyl groups is 1.